The van der Waals surface area contributed by atoms with E-state index in [0.29, 0.717) is 36.1 Å². The molecule has 2 N–H and O–H groups in total. The maximum atomic E-state index is 11.8. The van der Waals surface area contributed by atoms with E-state index in [1.54, 1.807) is 18.2 Å². The van der Waals surface area contributed by atoms with E-state index in [0.717, 1.165) is 4.90 Å². The fraction of sp³-hybridized carbons (Fsp3) is 0.500. The summed E-state index contributed by atoms with van der Waals surface area (Å²) in [4.78, 5) is 12.6. The van der Waals surface area contributed by atoms with Crippen molar-refractivity contribution in [2.75, 3.05) is 25.5 Å². The second-order valence-electron chi connectivity index (χ2n) is 4.98. The number of aliphatic hydroxyl groups is 1. The van der Waals surface area contributed by atoms with Crippen molar-refractivity contribution in [3.8, 4) is 0 Å². The second kappa shape index (κ2) is 7.70. The van der Waals surface area contributed by atoms with Crippen LogP contribution in [-0.4, -0.2) is 42.1 Å². The van der Waals surface area contributed by atoms with E-state index in [-0.39, 0.29) is 18.2 Å². The van der Waals surface area contributed by atoms with E-state index in [1.807, 2.05) is 0 Å². The van der Waals surface area contributed by atoms with Gasteiger partial charge in [0.15, 0.2) is 0 Å². The topological polar surface area (TPSA) is 58.6 Å². The van der Waals surface area contributed by atoms with Crippen molar-refractivity contribution in [1.82, 2.24) is 5.32 Å². The van der Waals surface area contributed by atoms with Crippen molar-refractivity contribution < 1.29 is 14.6 Å². The van der Waals surface area contributed by atoms with Crippen LogP contribution >= 0.6 is 35.0 Å². The van der Waals surface area contributed by atoms with Gasteiger partial charge in [-0.15, -0.1) is 11.8 Å². The number of ether oxygens (including phenoxy) is 1. The van der Waals surface area contributed by atoms with E-state index in [1.165, 1.54) is 11.8 Å². The number of hydrogen-bond acceptors (Lipinski definition) is 4. The lowest BCUT2D eigenvalue weighted by Gasteiger charge is -2.32. The Kier molecular flexibility index (Phi) is 6.20. The highest BCUT2D eigenvalue weighted by Crippen LogP contribution is 2.29. The minimum atomic E-state index is -0.855. The SMILES string of the molecule is O=C(CSc1cc(Cl)ccc1Cl)NCC1(O)CCOCC1. The number of carbonyl (C=O) groups is 1. The van der Waals surface area contributed by atoms with Crippen LogP contribution in [0.4, 0.5) is 0 Å². The second-order valence-corrected chi connectivity index (χ2v) is 6.84. The van der Waals surface area contributed by atoms with Gasteiger partial charge in [-0.3, -0.25) is 4.79 Å². The fourth-order valence-corrected chi connectivity index (χ4v) is 3.30. The van der Waals surface area contributed by atoms with Crippen LogP contribution in [0.15, 0.2) is 23.1 Å². The van der Waals surface area contributed by atoms with Gasteiger partial charge in [0.25, 0.3) is 0 Å². The van der Waals surface area contributed by atoms with E-state index in [4.69, 9.17) is 27.9 Å². The van der Waals surface area contributed by atoms with E-state index in [9.17, 15) is 9.90 Å². The molecule has 1 aliphatic heterocycles. The molecule has 0 atom stereocenters. The standard InChI is InChI=1S/C14H17Cl2NO3S/c15-10-1-2-11(16)12(7-10)21-8-13(18)17-9-14(19)3-5-20-6-4-14/h1-2,7,19H,3-6,8-9H2,(H,17,18). The molecule has 0 saturated carbocycles. The molecule has 4 nitrogen and oxygen atoms in total. The van der Waals surface area contributed by atoms with Gasteiger partial charge in [-0.05, 0) is 18.2 Å². The van der Waals surface area contributed by atoms with E-state index < -0.39 is 5.60 Å². The Labute approximate surface area is 138 Å². The number of benzene rings is 1. The van der Waals surface area contributed by atoms with Crippen molar-refractivity contribution in [3.63, 3.8) is 0 Å². The summed E-state index contributed by atoms with van der Waals surface area (Å²) in [5.41, 5.74) is -0.855. The molecule has 116 valence electrons. The lowest BCUT2D eigenvalue weighted by molar-refractivity contribution is -0.121. The molecule has 1 aromatic rings. The Bertz CT molecular complexity index is 507. The zero-order valence-electron chi connectivity index (χ0n) is 11.4. The summed E-state index contributed by atoms with van der Waals surface area (Å²) in [7, 11) is 0. The highest BCUT2D eigenvalue weighted by Gasteiger charge is 2.30. The first kappa shape index (κ1) is 16.9. The summed E-state index contributed by atoms with van der Waals surface area (Å²) in [5, 5.41) is 14.2. The van der Waals surface area contributed by atoms with Gasteiger partial charge in [0, 0.05) is 42.5 Å². The number of halogens is 2. The van der Waals surface area contributed by atoms with Gasteiger partial charge in [-0.1, -0.05) is 23.2 Å². The largest absolute Gasteiger partial charge is 0.388 e. The summed E-state index contributed by atoms with van der Waals surface area (Å²) in [6.07, 6.45) is 1.08. The predicted molar refractivity (Wildman–Crippen MR) is 85.2 cm³/mol. The lowest BCUT2D eigenvalue weighted by Crippen LogP contribution is -2.47. The molecule has 1 amide bonds. The number of nitrogens with one attached hydrogen (secondary N) is 1. The van der Waals surface area contributed by atoms with Gasteiger partial charge in [0.05, 0.1) is 16.4 Å². The molecule has 1 aliphatic rings. The van der Waals surface area contributed by atoms with Crippen molar-refractivity contribution in [2.24, 2.45) is 0 Å². The first-order valence-corrected chi connectivity index (χ1v) is 8.37. The first-order chi connectivity index (χ1) is 9.98. The maximum absolute atomic E-state index is 11.8. The van der Waals surface area contributed by atoms with Gasteiger partial charge in [0.1, 0.15) is 0 Å². The van der Waals surface area contributed by atoms with Gasteiger partial charge in [-0.2, -0.15) is 0 Å². The molecule has 1 saturated heterocycles. The quantitative estimate of drug-likeness (QED) is 0.802. The normalized spacial score (nSPS) is 17.5. The van der Waals surface area contributed by atoms with Crippen molar-refractivity contribution in [3.05, 3.63) is 28.2 Å². The van der Waals surface area contributed by atoms with Crippen LogP contribution in [0, 0.1) is 0 Å². The minimum absolute atomic E-state index is 0.143. The zero-order chi connectivity index (χ0) is 15.3. The van der Waals surface area contributed by atoms with Crippen LogP contribution in [0.1, 0.15) is 12.8 Å². The molecule has 1 aromatic carbocycles. The van der Waals surface area contributed by atoms with Gasteiger partial charge >= 0.3 is 0 Å². The highest BCUT2D eigenvalue weighted by atomic mass is 35.5. The number of amides is 1. The van der Waals surface area contributed by atoms with Gasteiger partial charge < -0.3 is 15.2 Å². The van der Waals surface area contributed by atoms with Crippen LogP contribution in [0.2, 0.25) is 10.0 Å². The van der Waals surface area contributed by atoms with Crippen LogP contribution in [-0.2, 0) is 9.53 Å². The van der Waals surface area contributed by atoms with Crippen LogP contribution in [0.3, 0.4) is 0 Å². The van der Waals surface area contributed by atoms with Crippen molar-refractivity contribution in [2.45, 2.75) is 23.3 Å². The summed E-state index contributed by atoms with van der Waals surface area (Å²) in [6.45, 7) is 1.30. The monoisotopic (exact) mass is 349 g/mol. The minimum Gasteiger partial charge on any atom is -0.388 e. The fourth-order valence-electron chi connectivity index (χ4n) is 1.97. The third-order valence-corrected chi connectivity index (χ3v) is 5.02. The van der Waals surface area contributed by atoms with Crippen molar-refractivity contribution in [1.29, 1.82) is 0 Å². The molecule has 0 aromatic heterocycles. The third-order valence-electron chi connectivity index (χ3n) is 3.29. The molecule has 21 heavy (non-hydrogen) atoms. The summed E-state index contributed by atoms with van der Waals surface area (Å²) < 4.78 is 5.20. The van der Waals surface area contributed by atoms with Gasteiger partial charge in [0.2, 0.25) is 5.91 Å². The van der Waals surface area contributed by atoms with Crippen LogP contribution in [0.25, 0.3) is 0 Å². The Morgan fingerprint density at radius 3 is 2.81 bits per heavy atom. The average Bonchev–Trinajstić information content (AvgIpc) is 2.47. The molecule has 0 unspecified atom stereocenters. The maximum Gasteiger partial charge on any atom is 0.230 e. The summed E-state index contributed by atoms with van der Waals surface area (Å²) in [6, 6.07) is 5.14. The Morgan fingerprint density at radius 1 is 1.38 bits per heavy atom. The van der Waals surface area contributed by atoms with Crippen LogP contribution in [0.5, 0.6) is 0 Å². The molecule has 0 spiro atoms. The smallest absolute Gasteiger partial charge is 0.230 e. The summed E-state index contributed by atoms with van der Waals surface area (Å²) >= 11 is 13.3. The molecular weight excluding hydrogens is 333 g/mol. The van der Waals surface area contributed by atoms with Crippen molar-refractivity contribution >= 4 is 40.9 Å². The average molecular weight is 350 g/mol. The first-order valence-electron chi connectivity index (χ1n) is 6.63. The van der Waals surface area contributed by atoms with Gasteiger partial charge in [-0.25, -0.2) is 0 Å². The van der Waals surface area contributed by atoms with E-state index in [2.05, 4.69) is 5.32 Å². The summed E-state index contributed by atoms with van der Waals surface area (Å²) in [5.74, 6) is 0.0862. The molecule has 0 radical (unpaired) electrons. The number of rotatable bonds is 5. The predicted octanol–water partition coefficient (Wildman–Crippen LogP) is 2.74. The number of hydrogen-bond donors (Lipinski definition) is 2. The molecule has 1 heterocycles. The highest BCUT2D eigenvalue weighted by molar-refractivity contribution is 8.00. The van der Waals surface area contributed by atoms with Crippen LogP contribution < -0.4 is 5.32 Å². The molecule has 0 aliphatic carbocycles. The van der Waals surface area contributed by atoms with E-state index >= 15 is 0 Å². The number of carbonyl (C=O) groups excluding carboxylic acids is 1. The Hall–Kier alpha value is -0.460. The third kappa shape index (κ3) is 5.34. The molecule has 7 heteroatoms. The molecule has 2 rings (SSSR count). The molecular formula is C14H17Cl2NO3S. The zero-order valence-corrected chi connectivity index (χ0v) is 13.7. The Morgan fingerprint density at radius 2 is 2.10 bits per heavy atom. The molecule has 1 fully saturated rings. The molecule has 0 bridgehead atoms. The lowest BCUT2D eigenvalue weighted by atomic mass is 9.94. The number of thioether (sulfide) groups is 1. The Balaban J connectivity index is 1.78.